The first kappa shape index (κ1) is 14.4. The van der Waals surface area contributed by atoms with E-state index in [0.29, 0.717) is 0 Å². The van der Waals surface area contributed by atoms with Gasteiger partial charge in [0, 0.05) is 0 Å². The predicted molar refractivity (Wildman–Crippen MR) is 76.1 cm³/mol. The van der Waals surface area contributed by atoms with Crippen LogP contribution in [0.1, 0.15) is 43.0 Å². The zero-order valence-electron chi connectivity index (χ0n) is 10.9. The second kappa shape index (κ2) is 6.92. The largest absolute Gasteiger partial charge is 0.391 e. The number of aliphatic hydroxyl groups is 1. The first-order valence-electron chi connectivity index (χ1n) is 6.86. The Morgan fingerprint density at radius 3 is 2.63 bits per heavy atom. The summed E-state index contributed by atoms with van der Waals surface area (Å²) in [4.78, 5) is 12.1. The maximum atomic E-state index is 12.1. The van der Waals surface area contributed by atoms with Crippen molar-refractivity contribution in [2.24, 2.45) is 0 Å². The molecular formula is C15H20ClNO2. The third-order valence-electron chi connectivity index (χ3n) is 3.63. The van der Waals surface area contributed by atoms with Crippen molar-refractivity contribution in [1.29, 1.82) is 0 Å². The molecule has 0 aromatic heterocycles. The van der Waals surface area contributed by atoms with Crippen molar-refractivity contribution in [2.45, 2.75) is 49.6 Å². The lowest BCUT2D eigenvalue weighted by Crippen LogP contribution is -2.43. The van der Waals surface area contributed by atoms with Gasteiger partial charge in [-0.15, -0.1) is 11.6 Å². The fourth-order valence-electron chi connectivity index (χ4n) is 2.49. The van der Waals surface area contributed by atoms with Crippen LogP contribution in [0.15, 0.2) is 30.3 Å². The maximum absolute atomic E-state index is 12.1. The Bertz CT molecular complexity index is 410. The van der Waals surface area contributed by atoms with Gasteiger partial charge in [0.2, 0.25) is 5.91 Å². The minimum absolute atomic E-state index is 0.167. The van der Waals surface area contributed by atoms with Crippen molar-refractivity contribution in [3.05, 3.63) is 35.9 Å². The number of carbonyl (C=O) groups excluding carboxylic acids is 1. The van der Waals surface area contributed by atoms with E-state index < -0.39 is 11.5 Å². The minimum Gasteiger partial charge on any atom is -0.391 e. The molecule has 0 heterocycles. The summed E-state index contributed by atoms with van der Waals surface area (Å²) in [6.07, 6.45) is 4.31. The monoisotopic (exact) mass is 281 g/mol. The van der Waals surface area contributed by atoms with Crippen LogP contribution < -0.4 is 5.32 Å². The van der Waals surface area contributed by atoms with Crippen LogP contribution >= 0.6 is 11.6 Å². The van der Waals surface area contributed by atoms with Crippen molar-refractivity contribution < 1.29 is 9.90 Å². The van der Waals surface area contributed by atoms with Gasteiger partial charge in [-0.05, 0) is 18.4 Å². The van der Waals surface area contributed by atoms with Crippen molar-refractivity contribution in [3.63, 3.8) is 0 Å². The van der Waals surface area contributed by atoms with Gasteiger partial charge in [-0.2, -0.15) is 0 Å². The van der Waals surface area contributed by atoms with Gasteiger partial charge in [-0.3, -0.25) is 4.79 Å². The molecular weight excluding hydrogens is 262 g/mol. The van der Waals surface area contributed by atoms with Gasteiger partial charge < -0.3 is 10.4 Å². The van der Waals surface area contributed by atoms with Gasteiger partial charge in [0.25, 0.3) is 0 Å². The highest BCUT2D eigenvalue weighted by molar-refractivity contribution is 6.30. The maximum Gasteiger partial charge on any atom is 0.242 e. The number of halogens is 1. The van der Waals surface area contributed by atoms with E-state index in [0.717, 1.165) is 37.7 Å². The second-order valence-corrected chi connectivity index (χ2v) is 5.53. The molecule has 104 valence electrons. The lowest BCUT2D eigenvalue weighted by Gasteiger charge is -2.23. The fourth-order valence-corrected chi connectivity index (χ4v) is 2.69. The minimum atomic E-state index is -0.698. The van der Waals surface area contributed by atoms with Crippen LogP contribution in [-0.4, -0.2) is 23.2 Å². The molecule has 1 aliphatic rings. The summed E-state index contributed by atoms with van der Waals surface area (Å²) < 4.78 is 0. The third kappa shape index (κ3) is 3.95. The van der Waals surface area contributed by atoms with Crippen LogP contribution in [0.2, 0.25) is 0 Å². The van der Waals surface area contributed by atoms with Gasteiger partial charge in [-0.1, -0.05) is 49.6 Å². The molecule has 1 amide bonds. The van der Waals surface area contributed by atoms with E-state index in [2.05, 4.69) is 5.32 Å². The highest BCUT2D eigenvalue weighted by atomic mass is 35.5. The normalized spacial score (nSPS) is 25.4. The molecule has 1 aliphatic carbocycles. The van der Waals surface area contributed by atoms with Crippen LogP contribution in [0.4, 0.5) is 0 Å². The molecule has 0 saturated heterocycles. The number of rotatable bonds is 3. The van der Waals surface area contributed by atoms with E-state index in [1.165, 1.54) is 0 Å². The van der Waals surface area contributed by atoms with E-state index >= 15 is 0 Å². The molecule has 2 rings (SSSR count). The van der Waals surface area contributed by atoms with E-state index in [1.807, 2.05) is 30.3 Å². The average molecular weight is 282 g/mol. The molecule has 0 radical (unpaired) electrons. The Balaban J connectivity index is 1.96. The smallest absolute Gasteiger partial charge is 0.242 e. The van der Waals surface area contributed by atoms with Crippen LogP contribution in [-0.2, 0) is 4.79 Å². The number of hydrogen-bond acceptors (Lipinski definition) is 2. The molecule has 19 heavy (non-hydrogen) atoms. The van der Waals surface area contributed by atoms with Gasteiger partial charge in [0.1, 0.15) is 5.38 Å². The van der Waals surface area contributed by atoms with Crippen molar-refractivity contribution in [1.82, 2.24) is 5.32 Å². The van der Waals surface area contributed by atoms with Crippen molar-refractivity contribution >= 4 is 17.5 Å². The number of benzene rings is 1. The van der Waals surface area contributed by atoms with Crippen LogP contribution in [0.3, 0.4) is 0 Å². The molecule has 0 bridgehead atoms. The van der Waals surface area contributed by atoms with E-state index in [1.54, 1.807) is 0 Å². The number of carbonyl (C=O) groups is 1. The summed E-state index contributed by atoms with van der Waals surface area (Å²) in [7, 11) is 0. The SMILES string of the molecule is O=C(NC1CCCCCC1O)C(Cl)c1ccccc1. The molecule has 0 spiro atoms. The summed E-state index contributed by atoms with van der Waals surface area (Å²) in [6, 6.07) is 9.11. The number of amides is 1. The molecule has 2 N–H and O–H groups in total. The van der Waals surface area contributed by atoms with Crippen LogP contribution in [0.25, 0.3) is 0 Å². The molecule has 1 fully saturated rings. The first-order chi connectivity index (χ1) is 9.18. The average Bonchev–Trinajstić information content (AvgIpc) is 2.64. The van der Waals surface area contributed by atoms with E-state index in [4.69, 9.17) is 11.6 Å². The van der Waals surface area contributed by atoms with Gasteiger partial charge in [0.05, 0.1) is 12.1 Å². The molecule has 3 unspecified atom stereocenters. The van der Waals surface area contributed by atoms with Crippen molar-refractivity contribution in [2.75, 3.05) is 0 Å². The molecule has 0 aliphatic heterocycles. The van der Waals surface area contributed by atoms with Gasteiger partial charge in [-0.25, -0.2) is 0 Å². The number of alkyl halides is 1. The number of aliphatic hydroxyl groups excluding tert-OH is 1. The number of hydrogen-bond donors (Lipinski definition) is 2. The lowest BCUT2D eigenvalue weighted by molar-refractivity contribution is -0.122. The quantitative estimate of drug-likeness (QED) is 0.661. The standard InChI is InChI=1S/C15H20ClNO2/c16-14(11-7-3-1-4-8-11)15(19)17-12-9-5-2-6-10-13(12)18/h1,3-4,7-8,12-14,18H,2,5-6,9-10H2,(H,17,19). The molecule has 3 nitrogen and oxygen atoms in total. The Kier molecular flexibility index (Phi) is 5.23. The zero-order chi connectivity index (χ0) is 13.7. The molecule has 1 aromatic carbocycles. The van der Waals surface area contributed by atoms with Crippen molar-refractivity contribution in [3.8, 4) is 0 Å². The summed E-state index contributed by atoms with van der Waals surface area (Å²) >= 11 is 6.17. The number of nitrogens with one attached hydrogen (secondary N) is 1. The highest BCUT2D eigenvalue weighted by Gasteiger charge is 2.26. The third-order valence-corrected chi connectivity index (χ3v) is 4.08. The van der Waals surface area contributed by atoms with Gasteiger partial charge in [0.15, 0.2) is 0 Å². The highest BCUT2D eigenvalue weighted by Crippen LogP contribution is 2.22. The molecule has 4 heteroatoms. The first-order valence-corrected chi connectivity index (χ1v) is 7.29. The van der Waals surface area contributed by atoms with Gasteiger partial charge >= 0.3 is 0 Å². The van der Waals surface area contributed by atoms with E-state index in [9.17, 15) is 9.90 Å². The second-order valence-electron chi connectivity index (χ2n) is 5.09. The summed E-state index contributed by atoms with van der Waals surface area (Å²) in [5.74, 6) is -0.223. The van der Waals surface area contributed by atoms with Crippen LogP contribution in [0, 0.1) is 0 Å². The zero-order valence-corrected chi connectivity index (χ0v) is 11.6. The van der Waals surface area contributed by atoms with E-state index in [-0.39, 0.29) is 11.9 Å². The Morgan fingerprint density at radius 1 is 1.21 bits per heavy atom. The molecule has 1 saturated carbocycles. The Labute approximate surface area is 119 Å². The topological polar surface area (TPSA) is 49.3 Å². The Hall–Kier alpha value is -1.06. The molecule has 1 aromatic rings. The fraction of sp³-hybridized carbons (Fsp3) is 0.533. The molecule has 3 atom stereocenters. The predicted octanol–water partition coefficient (Wildman–Crippen LogP) is 2.78. The summed E-state index contributed by atoms with van der Waals surface area (Å²) in [5.41, 5.74) is 0.782. The summed E-state index contributed by atoms with van der Waals surface area (Å²) in [5, 5.41) is 12.2. The Morgan fingerprint density at radius 2 is 1.89 bits per heavy atom. The lowest BCUT2D eigenvalue weighted by atomic mass is 10.1. The van der Waals surface area contributed by atoms with Crippen LogP contribution in [0.5, 0.6) is 0 Å². The summed E-state index contributed by atoms with van der Waals surface area (Å²) in [6.45, 7) is 0.